The number of esters is 1. The minimum absolute atomic E-state index is 0.113. The Labute approximate surface area is 95.7 Å². The molecule has 0 aromatic heterocycles. The van der Waals surface area contributed by atoms with Crippen LogP contribution in [-0.2, 0) is 14.3 Å². The largest absolute Gasteiger partial charge is 0.465 e. The minimum atomic E-state index is -0.442. The molecule has 0 fully saturated rings. The number of urea groups is 1. The van der Waals surface area contributed by atoms with Crippen molar-refractivity contribution in [2.75, 3.05) is 33.4 Å². The molecule has 0 spiro atoms. The third-order valence-corrected chi connectivity index (χ3v) is 1.76. The lowest BCUT2D eigenvalue weighted by Gasteiger charge is -2.11. The van der Waals surface area contributed by atoms with E-state index in [-0.39, 0.29) is 18.5 Å². The average molecular weight is 232 g/mol. The highest BCUT2D eigenvalue weighted by molar-refractivity contribution is 5.80. The van der Waals surface area contributed by atoms with Gasteiger partial charge in [-0.15, -0.1) is 0 Å². The molecule has 0 bridgehead atoms. The lowest BCUT2D eigenvalue weighted by molar-refractivity contribution is -0.141. The van der Waals surface area contributed by atoms with E-state index in [0.29, 0.717) is 19.8 Å². The van der Waals surface area contributed by atoms with Crippen LogP contribution in [0.15, 0.2) is 0 Å². The van der Waals surface area contributed by atoms with Crippen LogP contribution in [0.4, 0.5) is 4.79 Å². The van der Waals surface area contributed by atoms with Crippen LogP contribution < -0.4 is 10.6 Å². The second-order valence-corrected chi connectivity index (χ2v) is 3.43. The van der Waals surface area contributed by atoms with Crippen molar-refractivity contribution in [2.24, 2.45) is 5.92 Å². The molecule has 0 rings (SSSR count). The van der Waals surface area contributed by atoms with Gasteiger partial charge in [-0.1, -0.05) is 6.92 Å². The number of nitrogens with one attached hydrogen (secondary N) is 2. The molecular weight excluding hydrogens is 212 g/mol. The zero-order valence-electron chi connectivity index (χ0n) is 10.0. The third-order valence-electron chi connectivity index (χ3n) is 1.76. The zero-order valence-corrected chi connectivity index (χ0v) is 10.0. The molecule has 0 saturated carbocycles. The molecule has 0 aliphatic carbocycles. The zero-order chi connectivity index (χ0) is 12.4. The van der Waals surface area contributed by atoms with Crippen LogP contribution >= 0.6 is 0 Å². The Morgan fingerprint density at radius 1 is 1.31 bits per heavy atom. The molecule has 0 heterocycles. The molecule has 1 unspecified atom stereocenters. The molecule has 0 aromatic rings. The van der Waals surface area contributed by atoms with Crippen LogP contribution in [0.2, 0.25) is 0 Å². The summed E-state index contributed by atoms with van der Waals surface area (Å²) in [5, 5.41) is 5.03. The number of hydrogen-bond donors (Lipinski definition) is 2. The lowest BCUT2D eigenvalue weighted by Crippen LogP contribution is -2.41. The Hall–Kier alpha value is -1.30. The van der Waals surface area contributed by atoms with Gasteiger partial charge in [-0.3, -0.25) is 4.79 Å². The summed E-state index contributed by atoms with van der Waals surface area (Å²) < 4.78 is 9.58. The molecule has 0 radical (unpaired) electrons. The fourth-order valence-corrected chi connectivity index (χ4v) is 1.04. The van der Waals surface area contributed by atoms with Gasteiger partial charge in [0.15, 0.2) is 0 Å². The lowest BCUT2D eigenvalue weighted by atomic mass is 10.2. The summed E-state index contributed by atoms with van der Waals surface area (Å²) in [5.74, 6) is -0.207. The number of amides is 2. The maximum absolute atomic E-state index is 11.2. The summed E-state index contributed by atoms with van der Waals surface area (Å²) in [5.41, 5.74) is 0. The predicted molar refractivity (Wildman–Crippen MR) is 59.1 cm³/mol. The molecule has 94 valence electrons. The first kappa shape index (κ1) is 14.7. The molecule has 1 atom stereocenters. The van der Waals surface area contributed by atoms with Gasteiger partial charge in [-0.2, -0.15) is 0 Å². The number of methoxy groups -OCH3 is 1. The molecule has 0 aromatic carbocycles. The smallest absolute Gasteiger partial charge is 0.325 e. The Morgan fingerprint density at radius 2 is 2.00 bits per heavy atom. The molecule has 0 saturated heterocycles. The van der Waals surface area contributed by atoms with Gasteiger partial charge in [0, 0.05) is 13.7 Å². The van der Waals surface area contributed by atoms with E-state index in [4.69, 9.17) is 4.74 Å². The van der Waals surface area contributed by atoms with Crippen molar-refractivity contribution in [2.45, 2.75) is 13.8 Å². The third kappa shape index (κ3) is 8.05. The van der Waals surface area contributed by atoms with Gasteiger partial charge in [-0.25, -0.2) is 4.79 Å². The quantitative estimate of drug-likeness (QED) is 0.612. The fourth-order valence-electron chi connectivity index (χ4n) is 1.04. The van der Waals surface area contributed by atoms with Crippen molar-refractivity contribution in [1.82, 2.24) is 10.6 Å². The Bertz CT molecular complexity index is 221. The van der Waals surface area contributed by atoms with Crippen LogP contribution in [0.1, 0.15) is 13.8 Å². The summed E-state index contributed by atoms with van der Waals surface area (Å²) >= 11 is 0. The van der Waals surface area contributed by atoms with E-state index >= 15 is 0 Å². The first-order chi connectivity index (χ1) is 7.60. The molecule has 2 N–H and O–H groups in total. The van der Waals surface area contributed by atoms with Crippen molar-refractivity contribution >= 4 is 12.0 Å². The highest BCUT2D eigenvalue weighted by Gasteiger charge is 2.07. The van der Waals surface area contributed by atoms with E-state index in [1.54, 1.807) is 14.0 Å². The molecule has 2 amide bonds. The SMILES string of the molecule is CCOC(=O)CNC(=O)NCC(C)COC. The minimum Gasteiger partial charge on any atom is -0.465 e. The molecule has 0 aliphatic heterocycles. The predicted octanol–water partition coefficient (Wildman–Crippen LogP) is 0.131. The van der Waals surface area contributed by atoms with Crippen LogP contribution in [0.25, 0.3) is 0 Å². The van der Waals surface area contributed by atoms with E-state index in [1.165, 1.54) is 0 Å². The summed E-state index contributed by atoms with van der Waals surface area (Å²) in [6, 6.07) is -0.379. The van der Waals surface area contributed by atoms with Crippen LogP contribution in [0.5, 0.6) is 0 Å². The number of ether oxygens (including phenoxy) is 2. The highest BCUT2D eigenvalue weighted by atomic mass is 16.5. The van der Waals surface area contributed by atoms with Crippen molar-refractivity contribution < 1.29 is 19.1 Å². The van der Waals surface area contributed by atoms with Gasteiger partial charge in [0.1, 0.15) is 6.54 Å². The highest BCUT2D eigenvalue weighted by Crippen LogP contribution is 1.91. The molecule has 16 heavy (non-hydrogen) atoms. The number of carbonyl (C=O) groups excluding carboxylic acids is 2. The Kier molecular flexibility index (Phi) is 8.24. The second kappa shape index (κ2) is 8.96. The fraction of sp³-hybridized carbons (Fsp3) is 0.800. The van der Waals surface area contributed by atoms with Gasteiger partial charge in [0.05, 0.1) is 13.2 Å². The van der Waals surface area contributed by atoms with E-state index < -0.39 is 5.97 Å². The number of rotatable bonds is 7. The topological polar surface area (TPSA) is 76.7 Å². The number of carbonyl (C=O) groups is 2. The maximum atomic E-state index is 11.2. The standard InChI is InChI=1S/C10H20N2O4/c1-4-16-9(13)6-12-10(14)11-5-8(2)7-15-3/h8H,4-7H2,1-3H3,(H2,11,12,14). The monoisotopic (exact) mass is 232 g/mol. The van der Waals surface area contributed by atoms with Gasteiger partial charge < -0.3 is 20.1 Å². The van der Waals surface area contributed by atoms with Crippen molar-refractivity contribution in [3.8, 4) is 0 Å². The van der Waals surface area contributed by atoms with Crippen LogP contribution in [0, 0.1) is 5.92 Å². The second-order valence-electron chi connectivity index (χ2n) is 3.43. The first-order valence-electron chi connectivity index (χ1n) is 5.26. The first-order valence-corrected chi connectivity index (χ1v) is 5.26. The molecule has 6 heteroatoms. The summed E-state index contributed by atoms with van der Waals surface area (Å²) in [7, 11) is 1.61. The van der Waals surface area contributed by atoms with Crippen molar-refractivity contribution in [3.05, 3.63) is 0 Å². The maximum Gasteiger partial charge on any atom is 0.325 e. The summed E-state index contributed by atoms with van der Waals surface area (Å²) in [4.78, 5) is 22.1. The Morgan fingerprint density at radius 3 is 2.56 bits per heavy atom. The van der Waals surface area contributed by atoms with Crippen LogP contribution in [0.3, 0.4) is 0 Å². The van der Waals surface area contributed by atoms with Crippen LogP contribution in [-0.4, -0.2) is 45.4 Å². The summed E-state index contributed by atoms with van der Waals surface area (Å²) in [6.45, 7) is 4.95. The van der Waals surface area contributed by atoms with E-state index in [9.17, 15) is 9.59 Å². The molecule has 6 nitrogen and oxygen atoms in total. The van der Waals surface area contributed by atoms with E-state index in [0.717, 1.165) is 0 Å². The van der Waals surface area contributed by atoms with Crippen molar-refractivity contribution in [3.63, 3.8) is 0 Å². The van der Waals surface area contributed by atoms with Gasteiger partial charge in [0.25, 0.3) is 0 Å². The number of hydrogen-bond acceptors (Lipinski definition) is 4. The Balaban J connectivity index is 3.55. The van der Waals surface area contributed by atoms with Gasteiger partial charge in [-0.05, 0) is 12.8 Å². The molecule has 0 aliphatic rings. The van der Waals surface area contributed by atoms with Crippen molar-refractivity contribution in [1.29, 1.82) is 0 Å². The average Bonchev–Trinajstić information content (AvgIpc) is 2.24. The normalized spacial score (nSPS) is 11.7. The van der Waals surface area contributed by atoms with Gasteiger partial charge >= 0.3 is 12.0 Å². The van der Waals surface area contributed by atoms with E-state index in [2.05, 4.69) is 15.4 Å². The van der Waals surface area contributed by atoms with E-state index in [1.807, 2.05) is 6.92 Å². The van der Waals surface area contributed by atoms with Gasteiger partial charge in [0.2, 0.25) is 0 Å². The molecular formula is C10H20N2O4. The summed E-state index contributed by atoms with van der Waals surface area (Å²) in [6.07, 6.45) is 0.